The Hall–Kier alpha value is -0.380. The van der Waals surface area contributed by atoms with Gasteiger partial charge in [-0.25, -0.2) is 0 Å². The lowest BCUT2D eigenvalue weighted by molar-refractivity contribution is -0.144. The molecule has 0 spiro atoms. The molecule has 0 fully saturated rings. The van der Waals surface area contributed by atoms with E-state index in [1.165, 1.54) is 6.92 Å². The molecule has 0 radical (unpaired) electrons. The fourth-order valence-electron chi connectivity index (χ4n) is 1.26. The van der Waals surface area contributed by atoms with Crippen molar-refractivity contribution < 1.29 is 14.7 Å². The average molecular weight is 251 g/mol. The Kier molecular flexibility index (Phi) is 4.61. The van der Waals surface area contributed by atoms with Gasteiger partial charge in [-0.05, 0) is 13.3 Å². The molecule has 4 heteroatoms. The topological polar surface area (TPSA) is 54.4 Å². The third kappa shape index (κ3) is 2.79. The number of carbonyl (C=O) groups is 2. The van der Waals surface area contributed by atoms with Crippen molar-refractivity contribution in [1.82, 2.24) is 0 Å². The highest BCUT2D eigenvalue weighted by molar-refractivity contribution is 9.10. The van der Waals surface area contributed by atoms with Crippen molar-refractivity contribution in [2.45, 2.75) is 37.9 Å². The summed E-state index contributed by atoms with van der Waals surface area (Å²) in [6.07, 6.45) is 1.33. The molecule has 0 aromatic rings. The predicted molar refractivity (Wildman–Crippen MR) is 54.0 cm³/mol. The van der Waals surface area contributed by atoms with Crippen LogP contribution in [0.4, 0.5) is 0 Å². The Morgan fingerprint density at radius 3 is 2.23 bits per heavy atom. The lowest BCUT2D eigenvalue weighted by Gasteiger charge is -2.27. The van der Waals surface area contributed by atoms with Gasteiger partial charge in [0.15, 0.2) is 0 Å². The molecule has 3 nitrogen and oxygen atoms in total. The molecule has 0 aliphatic heterocycles. The van der Waals surface area contributed by atoms with E-state index in [0.29, 0.717) is 6.42 Å². The normalized spacial score (nSPS) is 17.5. The molecule has 1 N–H and O–H groups in total. The van der Waals surface area contributed by atoms with Gasteiger partial charge in [0.2, 0.25) is 0 Å². The third-order valence-electron chi connectivity index (χ3n) is 2.26. The second-order valence-electron chi connectivity index (χ2n) is 3.23. The molecule has 13 heavy (non-hydrogen) atoms. The molecule has 0 rings (SSSR count). The van der Waals surface area contributed by atoms with Crippen LogP contribution >= 0.6 is 15.9 Å². The van der Waals surface area contributed by atoms with Crippen LogP contribution in [-0.4, -0.2) is 21.2 Å². The van der Waals surface area contributed by atoms with E-state index in [-0.39, 0.29) is 5.78 Å². The highest BCUT2D eigenvalue weighted by Gasteiger charge is 2.41. The zero-order chi connectivity index (χ0) is 10.6. The number of alkyl halides is 1. The molecule has 0 aliphatic carbocycles. The van der Waals surface area contributed by atoms with Crippen LogP contribution in [0.25, 0.3) is 0 Å². The van der Waals surface area contributed by atoms with Gasteiger partial charge >= 0.3 is 5.97 Å². The molecule has 0 aliphatic rings. The Bertz CT molecular complexity index is 215. The van der Waals surface area contributed by atoms with Crippen molar-refractivity contribution in [3.63, 3.8) is 0 Å². The van der Waals surface area contributed by atoms with Gasteiger partial charge in [-0.15, -0.1) is 0 Å². The molecule has 0 heterocycles. The summed E-state index contributed by atoms with van der Waals surface area (Å²) in [4.78, 5) is 22.0. The number of rotatable bonds is 5. The van der Waals surface area contributed by atoms with E-state index in [1.807, 2.05) is 6.92 Å². The van der Waals surface area contributed by atoms with Gasteiger partial charge in [-0.1, -0.05) is 36.2 Å². The van der Waals surface area contributed by atoms with Crippen molar-refractivity contribution in [3.8, 4) is 0 Å². The maximum Gasteiger partial charge on any atom is 0.308 e. The van der Waals surface area contributed by atoms with E-state index in [1.54, 1.807) is 6.92 Å². The van der Waals surface area contributed by atoms with Gasteiger partial charge < -0.3 is 5.11 Å². The first-order chi connectivity index (χ1) is 5.86. The first kappa shape index (κ1) is 12.6. The second-order valence-corrected chi connectivity index (χ2v) is 4.64. The standard InChI is InChI=1S/C9H15BrO3/c1-4-5-9(10,7(3)11)6(2)8(12)13/h6H,4-5H2,1-3H3,(H,12,13). The van der Waals surface area contributed by atoms with Crippen LogP contribution in [-0.2, 0) is 9.59 Å². The van der Waals surface area contributed by atoms with Gasteiger partial charge in [0, 0.05) is 0 Å². The summed E-state index contributed by atoms with van der Waals surface area (Å²) in [5.41, 5.74) is 0. The van der Waals surface area contributed by atoms with Crippen LogP contribution in [0.3, 0.4) is 0 Å². The van der Waals surface area contributed by atoms with Crippen LogP contribution in [0.1, 0.15) is 33.6 Å². The zero-order valence-corrected chi connectivity index (χ0v) is 9.72. The van der Waals surface area contributed by atoms with Crippen LogP contribution in [0.5, 0.6) is 0 Å². The van der Waals surface area contributed by atoms with Gasteiger partial charge in [-0.3, -0.25) is 9.59 Å². The number of aliphatic carboxylic acids is 1. The summed E-state index contributed by atoms with van der Waals surface area (Å²) in [5, 5.41) is 8.81. The number of halogens is 1. The lowest BCUT2D eigenvalue weighted by atomic mass is 9.86. The third-order valence-corrected chi connectivity index (χ3v) is 3.90. The summed E-state index contributed by atoms with van der Waals surface area (Å²) < 4.78 is -0.895. The van der Waals surface area contributed by atoms with E-state index >= 15 is 0 Å². The fourth-order valence-corrected chi connectivity index (χ4v) is 1.85. The summed E-state index contributed by atoms with van der Waals surface area (Å²) >= 11 is 3.25. The zero-order valence-electron chi connectivity index (χ0n) is 8.13. The average Bonchev–Trinajstić information content (AvgIpc) is 2.02. The van der Waals surface area contributed by atoms with Crippen LogP contribution in [0, 0.1) is 5.92 Å². The summed E-state index contributed by atoms with van der Waals surface area (Å²) in [5.74, 6) is -1.75. The van der Waals surface area contributed by atoms with Crippen molar-refractivity contribution in [3.05, 3.63) is 0 Å². The van der Waals surface area contributed by atoms with Crippen LogP contribution < -0.4 is 0 Å². The van der Waals surface area contributed by atoms with Crippen molar-refractivity contribution in [2.75, 3.05) is 0 Å². The van der Waals surface area contributed by atoms with E-state index in [4.69, 9.17) is 5.11 Å². The summed E-state index contributed by atoms with van der Waals surface area (Å²) in [6, 6.07) is 0. The fraction of sp³-hybridized carbons (Fsp3) is 0.778. The summed E-state index contributed by atoms with van der Waals surface area (Å²) in [6.45, 7) is 4.89. The van der Waals surface area contributed by atoms with E-state index in [9.17, 15) is 9.59 Å². The van der Waals surface area contributed by atoms with Crippen molar-refractivity contribution in [1.29, 1.82) is 0 Å². The highest BCUT2D eigenvalue weighted by Crippen LogP contribution is 2.34. The first-order valence-corrected chi connectivity index (χ1v) is 5.08. The number of carbonyl (C=O) groups excluding carboxylic acids is 1. The van der Waals surface area contributed by atoms with E-state index in [0.717, 1.165) is 6.42 Å². The number of hydrogen-bond donors (Lipinski definition) is 1. The largest absolute Gasteiger partial charge is 0.481 e. The molecule has 0 saturated heterocycles. The minimum Gasteiger partial charge on any atom is -0.481 e. The van der Waals surface area contributed by atoms with Gasteiger partial charge in [0.1, 0.15) is 5.78 Å². The molecule has 0 bridgehead atoms. The quantitative estimate of drug-likeness (QED) is 0.762. The maximum absolute atomic E-state index is 11.3. The Labute approximate surface area is 86.6 Å². The monoisotopic (exact) mass is 250 g/mol. The Morgan fingerprint density at radius 2 is 2.00 bits per heavy atom. The number of ketones is 1. The van der Waals surface area contributed by atoms with Gasteiger partial charge in [-0.2, -0.15) is 0 Å². The molecule has 0 saturated carbocycles. The van der Waals surface area contributed by atoms with Gasteiger partial charge in [0.25, 0.3) is 0 Å². The molecule has 2 unspecified atom stereocenters. The number of Topliss-reactive ketones (excluding diaryl/α,β-unsaturated/α-hetero) is 1. The SMILES string of the molecule is CCCC(Br)(C(C)=O)C(C)C(=O)O. The molecular weight excluding hydrogens is 236 g/mol. The van der Waals surface area contributed by atoms with Crippen molar-refractivity contribution >= 4 is 27.7 Å². The number of hydrogen-bond acceptors (Lipinski definition) is 2. The van der Waals surface area contributed by atoms with E-state index < -0.39 is 16.2 Å². The molecule has 76 valence electrons. The van der Waals surface area contributed by atoms with Crippen LogP contribution in [0.15, 0.2) is 0 Å². The Balaban J connectivity index is 4.77. The first-order valence-electron chi connectivity index (χ1n) is 4.29. The molecule has 0 aromatic carbocycles. The molecular formula is C9H15BrO3. The number of carboxylic acid groups (broad SMARTS) is 1. The van der Waals surface area contributed by atoms with Crippen LogP contribution in [0.2, 0.25) is 0 Å². The summed E-state index contributed by atoms with van der Waals surface area (Å²) in [7, 11) is 0. The maximum atomic E-state index is 11.3. The minimum atomic E-state index is -0.944. The predicted octanol–water partition coefficient (Wildman–Crippen LogP) is 2.23. The molecule has 0 amide bonds. The van der Waals surface area contributed by atoms with E-state index in [2.05, 4.69) is 15.9 Å². The number of carboxylic acids is 1. The lowest BCUT2D eigenvalue weighted by Crippen LogP contribution is -2.41. The highest BCUT2D eigenvalue weighted by atomic mass is 79.9. The molecule has 0 aromatic heterocycles. The minimum absolute atomic E-state index is 0.121. The Morgan fingerprint density at radius 1 is 1.54 bits per heavy atom. The van der Waals surface area contributed by atoms with Crippen molar-refractivity contribution in [2.24, 2.45) is 5.92 Å². The second kappa shape index (κ2) is 4.74. The van der Waals surface area contributed by atoms with Gasteiger partial charge in [0.05, 0.1) is 10.2 Å². The smallest absolute Gasteiger partial charge is 0.308 e. The molecule has 2 atom stereocenters.